The van der Waals surface area contributed by atoms with Gasteiger partial charge in [-0.2, -0.15) is 5.10 Å². The van der Waals surface area contributed by atoms with Crippen molar-refractivity contribution in [1.29, 1.82) is 0 Å². The van der Waals surface area contributed by atoms with Crippen molar-refractivity contribution in [2.75, 3.05) is 18.4 Å². The van der Waals surface area contributed by atoms with Gasteiger partial charge in [0.1, 0.15) is 0 Å². The van der Waals surface area contributed by atoms with E-state index in [4.69, 9.17) is 4.98 Å². The molecule has 4 aromatic rings. The summed E-state index contributed by atoms with van der Waals surface area (Å²) in [5.41, 5.74) is 5.24. The summed E-state index contributed by atoms with van der Waals surface area (Å²) in [6.07, 6.45) is 4.25. The molecule has 1 amide bonds. The van der Waals surface area contributed by atoms with Crippen molar-refractivity contribution in [2.24, 2.45) is 0 Å². The van der Waals surface area contributed by atoms with Crippen molar-refractivity contribution in [3.8, 4) is 11.3 Å². The molecule has 0 saturated carbocycles. The monoisotopic (exact) mass is 473 g/mol. The summed E-state index contributed by atoms with van der Waals surface area (Å²) in [6.45, 7) is 11.4. The van der Waals surface area contributed by atoms with Crippen molar-refractivity contribution in [3.05, 3.63) is 63.5 Å². The minimum Gasteiger partial charge on any atom is -0.322 e. The van der Waals surface area contributed by atoms with E-state index in [9.17, 15) is 4.79 Å². The lowest BCUT2D eigenvalue weighted by Crippen LogP contribution is -2.20. The molecule has 1 N–H and O–H groups in total. The number of aromatic nitrogens is 3. The zero-order chi connectivity index (χ0) is 23.8. The number of amides is 1. The molecule has 5 rings (SSSR count). The Bertz CT molecular complexity index is 1350. The SMILES string of the molecule is Cc1cc(-c2cc(C(=O)Nc3ccccc3CN3CCCC3)c3cnn(C(C)C)c3n2)c(C)s1. The lowest BCUT2D eigenvalue weighted by Gasteiger charge is -2.18. The third-order valence-corrected chi connectivity index (χ3v) is 7.44. The van der Waals surface area contributed by atoms with E-state index in [2.05, 4.69) is 55.1 Å². The number of benzene rings is 1. The minimum atomic E-state index is -0.129. The highest BCUT2D eigenvalue weighted by molar-refractivity contribution is 7.12. The Kier molecular flexibility index (Phi) is 6.23. The second kappa shape index (κ2) is 9.31. The first kappa shape index (κ1) is 22.7. The molecule has 7 heteroatoms. The van der Waals surface area contributed by atoms with E-state index in [0.717, 1.165) is 53.2 Å². The molecule has 0 unspecified atom stereocenters. The quantitative estimate of drug-likeness (QED) is 0.362. The first-order valence-electron chi connectivity index (χ1n) is 12.0. The number of thiophene rings is 1. The second-order valence-corrected chi connectivity index (χ2v) is 10.9. The van der Waals surface area contributed by atoms with Crippen LogP contribution in [0, 0.1) is 13.8 Å². The highest BCUT2D eigenvalue weighted by atomic mass is 32.1. The Morgan fingerprint density at radius 1 is 1.15 bits per heavy atom. The Morgan fingerprint density at radius 2 is 1.91 bits per heavy atom. The number of hydrogen-bond acceptors (Lipinski definition) is 5. The van der Waals surface area contributed by atoms with Gasteiger partial charge in [0.2, 0.25) is 0 Å². The van der Waals surface area contributed by atoms with Crippen molar-refractivity contribution in [1.82, 2.24) is 19.7 Å². The highest BCUT2D eigenvalue weighted by Crippen LogP contribution is 2.33. The van der Waals surface area contributed by atoms with E-state index < -0.39 is 0 Å². The number of rotatable bonds is 6. The van der Waals surface area contributed by atoms with Gasteiger partial charge in [-0.05, 0) is 77.4 Å². The fourth-order valence-electron chi connectivity index (χ4n) is 4.76. The van der Waals surface area contributed by atoms with Gasteiger partial charge in [0.05, 0.1) is 22.8 Å². The number of pyridine rings is 1. The van der Waals surface area contributed by atoms with Crippen molar-refractivity contribution in [3.63, 3.8) is 0 Å². The maximum atomic E-state index is 13.7. The lowest BCUT2D eigenvalue weighted by atomic mass is 10.1. The molecule has 1 aliphatic rings. The number of para-hydroxylation sites is 1. The van der Waals surface area contributed by atoms with Gasteiger partial charge in [-0.25, -0.2) is 9.67 Å². The number of hydrogen-bond donors (Lipinski definition) is 1. The fourth-order valence-corrected chi connectivity index (χ4v) is 5.69. The number of nitrogens with zero attached hydrogens (tertiary/aromatic N) is 4. The zero-order valence-electron chi connectivity index (χ0n) is 20.3. The summed E-state index contributed by atoms with van der Waals surface area (Å²) >= 11 is 1.75. The van der Waals surface area contributed by atoms with Crippen LogP contribution in [0.15, 0.2) is 42.6 Å². The van der Waals surface area contributed by atoms with Crippen LogP contribution in [0.3, 0.4) is 0 Å². The number of likely N-dealkylation sites (tertiary alicyclic amines) is 1. The molecule has 34 heavy (non-hydrogen) atoms. The molecular weight excluding hydrogens is 442 g/mol. The fraction of sp³-hybridized carbons (Fsp3) is 0.370. The number of anilines is 1. The number of carbonyl (C=O) groups is 1. The molecule has 0 spiro atoms. The first-order chi connectivity index (χ1) is 16.4. The summed E-state index contributed by atoms with van der Waals surface area (Å²) in [5.74, 6) is -0.129. The lowest BCUT2D eigenvalue weighted by molar-refractivity contribution is 0.102. The number of fused-ring (bicyclic) bond motifs is 1. The molecular formula is C27H31N5OS. The smallest absolute Gasteiger partial charge is 0.256 e. The molecule has 3 aromatic heterocycles. The third kappa shape index (κ3) is 4.38. The molecule has 1 aliphatic heterocycles. The van der Waals surface area contributed by atoms with Gasteiger partial charge in [-0.1, -0.05) is 18.2 Å². The van der Waals surface area contributed by atoms with Gasteiger partial charge in [0.15, 0.2) is 5.65 Å². The average Bonchev–Trinajstić information content (AvgIpc) is 3.54. The summed E-state index contributed by atoms with van der Waals surface area (Å²) in [7, 11) is 0. The minimum absolute atomic E-state index is 0.129. The summed E-state index contributed by atoms with van der Waals surface area (Å²) in [5, 5.41) is 8.54. The van der Waals surface area contributed by atoms with Gasteiger partial charge in [-0.3, -0.25) is 9.69 Å². The van der Waals surface area contributed by atoms with Crippen LogP contribution in [0.1, 0.15) is 58.4 Å². The topological polar surface area (TPSA) is 63.1 Å². The number of aryl methyl sites for hydroxylation is 2. The van der Waals surface area contributed by atoms with E-state index in [1.54, 1.807) is 17.5 Å². The van der Waals surface area contributed by atoms with E-state index in [1.165, 1.54) is 22.6 Å². The van der Waals surface area contributed by atoms with Crippen LogP contribution in [0.5, 0.6) is 0 Å². The predicted octanol–water partition coefficient (Wildman–Crippen LogP) is 6.21. The Balaban J connectivity index is 1.55. The standard InChI is InChI=1S/C27H31N5OS/c1-17(2)32-26-23(15-28-32)22(14-25(29-26)21-13-18(3)34-19(21)4)27(33)30-24-10-6-5-9-20(24)16-31-11-7-8-12-31/h5-6,9-10,13-15,17H,7-8,11-12,16H2,1-4H3,(H,30,33). The van der Waals surface area contributed by atoms with E-state index in [0.29, 0.717) is 5.56 Å². The van der Waals surface area contributed by atoms with E-state index >= 15 is 0 Å². The largest absolute Gasteiger partial charge is 0.322 e. The first-order valence-corrected chi connectivity index (χ1v) is 12.8. The van der Waals surface area contributed by atoms with Crippen LogP contribution < -0.4 is 5.32 Å². The van der Waals surface area contributed by atoms with Crippen LogP contribution in [-0.4, -0.2) is 38.7 Å². The van der Waals surface area contributed by atoms with E-state index in [-0.39, 0.29) is 11.9 Å². The Morgan fingerprint density at radius 3 is 2.62 bits per heavy atom. The molecule has 176 valence electrons. The van der Waals surface area contributed by atoms with Gasteiger partial charge >= 0.3 is 0 Å². The predicted molar refractivity (Wildman–Crippen MR) is 140 cm³/mol. The van der Waals surface area contributed by atoms with Crippen molar-refractivity contribution in [2.45, 2.75) is 53.1 Å². The summed E-state index contributed by atoms with van der Waals surface area (Å²) in [6, 6.07) is 12.3. The van der Waals surface area contributed by atoms with Crippen LogP contribution in [-0.2, 0) is 6.54 Å². The molecule has 1 aromatic carbocycles. The van der Waals surface area contributed by atoms with E-state index in [1.807, 2.05) is 28.9 Å². The van der Waals surface area contributed by atoms with Gasteiger partial charge in [0, 0.05) is 33.6 Å². The van der Waals surface area contributed by atoms with Crippen LogP contribution >= 0.6 is 11.3 Å². The molecule has 4 heterocycles. The van der Waals surface area contributed by atoms with Gasteiger partial charge in [0.25, 0.3) is 5.91 Å². The highest BCUT2D eigenvalue weighted by Gasteiger charge is 2.21. The average molecular weight is 474 g/mol. The van der Waals surface area contributed by atoms with Crippen molar-refractivity contribution < 1.29 is 4.79 Å². The Hall–Kier alpha value is -3.03. The maximum absolute atomic E-state index is 13.7. The molecule has 1 saturated heterocycles. The summed E-state index contributed by atoms with van der Waals surface area (Å²) < 4.78 is 1.89. The maximum Gasteiger partial charge on any atom is 0.256 e. The van der Waals surface area contributed by atoms with Gasteiger partial charge < -0.3 is 5.32 Å². The number of carbonyl (C=O) groups excluding carboxylic acids is 1. The van der Waals surface area contributed by atoms with Crippen LogP contribution in [0.4, 0.5) is 5.69 Å². The second-order valence-electron chi connectivity index (χ2n) is 9.40. The molecule has 0 aliphatic carbocycles. The molecule has 1 fully saturated rings. The van der Waals surface area contributed by atoms with Crippen LogP contribution in [0.25, 0.3) is 22.3 Å². The third-order valence-electron chi connectivity index (χ3n) is 6.48. The van der Waals surface area contributed by atoms with Crippen molar-refractivity contribution >= 4 is 34.0 Å². The molecule has 0 bridgehead atoms. The molecule has 6 nitrogen and oxygen atoms in total. The molecule has 0 atom stereocenters. The molecule has 0 radical (unpaired) electrons. The summed E-state index contributed by atoms with van der Waals surface area (Å²) in [4.78, 5) is 23.5. The van der Waals surface area contributed by atoms with Gasteiger partial charge in [-0.15, -0.1) is 11.3 Å². The Labute approximate surface area is 204 Å². The number of nitrogens with one attached hydrogen (secondary N) is 1. The van der Waals surface area contributed by atoms with Crippen LogP contribution in [0.2, 0.25) is 0 Å². The zero-order valence-corrected chi connectivity index (χ0v) is 21.1. The normalized spacial score (nSPS) is 14.4.